The topological polar surface area (TPSA) is 118 Å². The monoisotopic (exact) mass is 482 g/mol. The second-order valence-electron chi connectivity index (χ2n) is 11.4. The molecule has 3 N–H and O–H groups in total. The summed E-state index contributed by atoms with van der Waals surface area (Å²) in [5.74, 6) is -3.85. The SMILES string of the molecule is C=C(C)C12CC(C)C34OC(c5ccccc5)(OC1C3C1OC1(CO)C(O)C1(O)C(=O)C(C)=CC14)O2. The number of rotatable bonds is 3. The first-order chi connectivity index (χ1) is 16.5. The van der Waals surface area contributed by atoms with Gasteiger partial charge in [-0.15, -0.1) is 0 Å². The molecule has 3 aliphatic heterocycles. The van der Waals surface area contributed by atoms with E-state index >= 15 is 0 Å². The molecule has 3 saturated heterocycles. The summed E-state index contributed by atoms with van der Waals surface area (Å²) in [6.45, 7) is 9.26. The van der Waals surface area contributed by atoms with Gasteiger partial charge in [0, 0.05) is 17.4 Å². The molecule has 11 atom stereocenters. The van der Waals surface area contributed by atoms with Crippen molar-refractivity contribution in [3.05, 3.63) is 59.7 Å². The van der Waals surface area contributed by atoms with Gasteiger partial charge in [0.1, 0.15) is 29.5 Å². The van der Waals surface area contributed by atoms with Gasteiger partial charge in [-0.25, -0.2) is 0 Å². The summed E-state index contributed by atoms with van der Waals surface area (Å²) >= 11 is 0. The van der Waals surface area contributed by atoms with E-state index in [-0.39, 0.29) is 5.92 Å². The summed E-state index contributed by atoms with van der Waals surface area (Å²) in [4.78, 5) is 13.5. The number of carbonyl (C=O) groups is 1. The highest BCUT2D eigenvalue weighted by atomic mass is 16.9. The molecule has 1 aromatic carbocycles. The van der Waals surface area contributed by atoms with E-state index in [1.165, 1.54) is 0 Å². The van der Waals surface area contributed by atoms with Crippen molar-refractivity contribution in [1.82, 2.24) is 0 Å². The van der Waals surface area contributed by atoms with Crippen molar-refractivity contribution in [1.29, 1.82) is 0 Å². The molecular weight excluding hydrogens is 452 g/mol. The lowest BCUT2D eigenvalue weighted by Crippen LogP contribution is -2.72. The maximum absolute atomic E-state index is 13.5. The summed E-state index contributed by atoms with van der Waals surface area (Å²) in [6, 6.07) is 9.35. The van der Waals surface area contributed by atoms with Gasteiger partial charge in [-0.1, -0.05) is 49.9 Å². The highest BCUT2D eigenvalue weighted by molar-refractivity contribution is 6.05. The van der Waals surface area contributed by atoms with Crippen molar-refractivity contribution in [2.75, 3.05) is 6.61 Å². The second kappa shape index (κ2) is 6.31. The minimum Gasteiger partial charge on any atom is -0.393 e. The lowest BCUT2D eigenvalue weighted by molar-refractivity contribution is -0.439. The normalized spacial score (nSPS) is 55.0. The van der Waals surface area contributed by atoms with E-state index in [1.807, 2.05) is 44.2 Å². The molecule has 3 aliphatic carbocycles. The highest BCUT2D eigenvalue weighted by Gasteiger charge is 2.88. The molecule has 8 nitrogen and oxygen atoms in total. The molecule has 7 rings (SSSR count). The van der Waals surface area contributed by atoms with E-state index in [2.05, 4.69) is 6.58 Å². The third-order valence-corrected chi connectivity index (χ3v) is 9.77. The van der Waals surface area contributed by atoms with Gasteiger partial charge in [-0.2, -0.15) is 0 Å². The van der Waals surface area contributed by atoms with Gasteiger partial charge in [0.2, 0.25) is 0 Å². The molecule has 35 heavy (non-hydrogen) atoms. The predicted octanol–water partition coefficient (Wildman–Crippen LogP) is 1.33. The fourth-order valence-corrected chi connectivity index (χ4v) is 8.10. The zero-order chi connectivity index (χ0) is 24.8. The minimum absolute atomic E-state index is 0.243. The predicted molar refractivity (Wildman–Crippen MR) is 121 cm³/mol. The Balaban J connectivity index is 1.53. The molecular formula is C27H30O8. The van der Waals surface area contributed by atoms with Crippen molar-refractivity contribution in [2.24, 2.45) is 17.8 Å². The Kier molecular flexibility index (Phi) is 4.02. The van der Waals surface area contributed by atoms with E-state index in [1.54, 1.807) is 13.0 Å². The third kappa shape index (κ3) is 2.16. The fourth-order valence-electron chi connectivity index (χ4n) is 8.10. The van der Waals surface area contributed by atoms with Crippen molar-refractivity contribution >= 4 is 5.78 Å². The van der Waals surface area contributed by atoms with E-state index in [0.29, 0.717) is 17.6 Å². The first-order valence-corrected chi connectivity index (χ1v) is 12.3. The van der Waals surface area contributed by atoms with Crippen molar-refractivity contribution in [2.45, 2.75) is 73.9 Å². The van der Waals surface area contributed by atoms with Gasteiger partial charge in [0.05, 0.1) is 12.2 Å². The molecule has 1 aromatic rings. The van der Waals surface area contributed by atoms with Gasteiger partial charge in [-0.05, 0) is 37.3 Å². The number of ether oxygens (including phenoxy) is 4. The quantitative estimate of drug-likeness (QED) is 0.436. The van der Waals surface area contributed by atoms with Gasteiger partial charge >= 0.3 is 5.97 Å². The Morgan fingerprint density at radius 2 is 1.89 bits per heavy atom. The summed E-state index contributed by atoms with van der Waals surface area (Å²) in [6.07, 6.45) is -0.731. The standard InChI is InChI=1S/C27H30O8/c1-13(2)23-11-15(4)26-17-10-14(3)19(29)25(17,31)22(30)24(12-28)21(32-24)18(26)20(23)33-27(34-23,35-26)16-8-6-5-7-9-16/h5-10,15,17-18,20-22,28,30-31H,1,11-12H2,2-4H3. The van der Waals surface area contributed by atoms with Crippen LogP contribution < -0.4 is 0 Å². The third-order valence-electron chi connectivity index (χ3n) is 9.77. The largest absolute Gasteiger partial charge is 0.393 e. The molecule has 0 aromatic heterocycles. The van der Waals surface area contributed by atoms with E-state index in [4.69, 9.17) is 18.9 Å². The molecule has 3 heterocycles. The van der Waals surface area contributed by atoms with Crippen LogP contribution in [0.5, 0.6) is 0 Å². The molecule has 5 fully saturated rings. The molecule has 11 unspecified atom stereocenters. The van der Waals surface area contributed by atoms with Crippen LogP contribution in [-0.2, 0) is 29.7 Å². The Labute approximate surface area is 203 Å². The molecule has 8 heteroatoms. The van der Waals surface area contributed by atoms with Gasteiger partial charge in [0.25, 0.3) is 0 Å². The highest BCUT2D eigenvalue weighted by Crippen LogP contribution is 2.73. The summed E-state index contributed by atoms with van der Waals surface area (Å²) in [5.41, 5.74) is -4.05. The minimum atomic E-state index is -2.22. The number of carbonyl (C=O) groups excluding carboxylic acids is 1. The van der Waals surface area contributed by atoms with Crippen LogP contribution in [0, 0.1) is 17.8 Å². The van der Waals surface area contributed by atoms with Gasteiger partial charge in [0.15, 0.2) is 11.4 Å². The Hall–Kier alpha value is -1.91. The van der Waals surface area contributed by atoms with Crippen molar-refractivity contribution in [3.63, 3.8) is 0 Å². The molecule has 0 radical (unpaired) electrons. The van der Waals surface area contributed by atoms with Crippen molar-refractivity contribution in [3.8, 4) is 0 Å². The number of hydrogen-bond acceptors (Lipinski definition) is 8. The average Bonchev–Trinajstić information content (AvgIpc) is 3.48. The Morgan fingerprint density at radius 1 is 1.17 bits per heavy atom. The van der Waals surface area contributed by atoms with E-state index in [9.17, 15) is 20.1 Å². The average molecular weight is 483 g/mol. The van der Waals surface area contributed by atoms with Crippen LogP contribution in [-0.4, -0.2) is 68.4 Å². The van der Waals surface area contributed by atoms with Crippen LogP contribution in [0.3, 0.4) is 0 Å². The number of aliphatic hydroxyl groups excluding tert-OH is 2. The molecule has 3 bridgehead atoms. The first-order valence-electron chi connectivity index (χ1n) is 12.3. The molecule has 0 amide bonds. The number of Topliss-reactive ketones (excluding diaryl/α,β-unsaturated/α-hetero) is 1. The lowest BCUT2D eigenvalue weighted by Gasteiger charge is -2.59. The molecule has 0 spiro atoms. The van der Waals surface area contributed by atoms with Crippen LogP contribution in [0.25, 0.3) is 0 Å². The molecule has 186 valence electrons. The number of fused-ring (bicyclic) bond motifs is 3. The van der Waals surface area contributed by atoms with Crippen LogP contribution in [0.2, 0.25) is 0 Å². The second-order valence-corrected chi connectivity index (χ2v) is 11.4. The summed E-state index contributed by atoms with van der Waals surface area (Å²) in [5, 5.41) is 34.0. The van der Waals surface area contributed by atoms with Crippen LogP contribution in [0.15, 0.2) is 54.1 Å². The van der Waals surface area contributed by atoms with Gasteiger partial charge in [-0.3, -0.25) is 4.79 Å². The van der Waals surface area contributed by atoms with Crippen molar-refractivity contribution < 1.29 is 39.1 Å². The summed E-state index contributed by atoms with van der Waals surface area (Å²) < 4.78 is 26.5. The number of hydrogen-bond donors (Lipinski definition) is 3. The Bertz CT molecular complexity index is 1200. The lowest BCUT2D eigenvalue weighted by atomic mass is 9.54. The first kappa shape index (κ1) is 22.3. The van der Waals surface area contributed by atoms with Gasteiger partial charge < -0.3 is 34.3 Å². The number of aliphatic hydroxyl groups is 3. The zero-order valence-corrected chi connectivity index (χ0v) is 19.9. The number of epoxide rings is 1. The maximum atomic E-state index is 13.5. The summed E-state index contributed by atoms with van der Waals surface area (Å²) in [7, 11) is 0. The Morgan fingerprint density at radius 3 is 2.54 bits per heavy atom. The number of benzene rings is 1. The molecule has 6 aliphatic rings. The van der Waals surface area contributed by atoms with Crippen LogP contribution in [0.1, 0.15) is 32.8 Å². The van der Waals surface area contributed by atoms with Crippen LogP contribution >= 0.6 is 0 Å². The van der Waals surface area contributed by atoms with E-state index in [0.717, 1.165) is 5.57 Å². The zero-order valence-electron chi connectivity index (χ0n) is 19.9. The smallest absolute Gasteiger partial charge is 0.313 e. The number of ketones is 1. The molecule has 2 saturated carbocycles. The van der Waals surface area contributed by atoms with Crippen LogP contribution in [0.4, 0.5) is 0 Å². The maximum Gasteiger partial charge on any atom is 0.313 e. The van der Waals surface area contributed by atoms with E-state index < -0.39 is 70.9 Å². The fraction of sp³-hybridized carbons (Fsp3) is 0.593.